The molecule has 5 heteroatoms. The number of hydrogen-bond acceptors (Lipinski definition) is 5. The van der Waals surface area contributed by atoms with Crippen LogP contribution in [-0.2, 0) is 0 Å². The fourth-order valence-electron chi connectivity index (χ4n) is 2.23. The van der Waals surface area contributed by atoms with E-state index in [-0.39, 0.29) is 16.7 Å². The molecule has 0 spiro atoms. The first-order chi connectivity index (χ1) is 11.1. The highest BCUT2D eigenvalue weighted by Gasteiger charge is 2.18. The van der Waals surface area contributed by atoms with Gasteiger partial charge in [-0.3, -0.25) is 4.79 Å². The zero-order chi connectivity index (χ0) is 16.4. The molecule has 0 amide bonds. The van der Waals surface area contributed by atoms with Crippen molar-refractivity contribution in [1.82, 2.24) is 0 Å². The van der Waals surface area contributed by atoms with Crippen molar-refractivity contribution in [3.8, 4) is 11.5 Å². The molecule has 3 aromatic rings. The molecule has 1 aromatic heterocycles. The van der Waals surface area contributed by atoms with Crippen molar-refractivity contribution in [3.05, 3.63) is 76.2 Å². The normalized spacial score (nSPS) is 11.1. The number of ketones is 1. The first kappa shape index (κ1) is 14.6. The van der Waals surface area contributed by atoms with E-state index in [1.54, 1.807) is 36.4 Å². The Kier molecular flexibility index (Phi) is 3.68. The SMILES string of the molecule is O=C(/C=C/c1ccccc1O)c1c(O)c2ccccc2oc1=O. The number of hydrogen-bond donors (Lipinski definition) is 2. The predicted octanol–water partition coefficient (Wildman–Crippen LogP) is 3.10. The van der Waals surface area contributed by atoms with E-state index < -0.39 is 22.7 Å². The molecule has 5 nitrogen and oxygen atoms in total. The van der Waals surface area contributed by atoms with Crippen LogP contribution in [-0.4, -0.2) is 16.0 Å². The molecule has 1 heterocycles. The predicted molar refractivity (Wildman–Crippen MR) is 85.6 cm³/mol. The lowest BCUT2D eigenvalue weighted by atomic mass is 10.1. The highest BCUT2D eigenvalue weighted by Crippen LogP contribution is 2.26. The van der Waals surface area contributed by atoms with Crippen LogP contribution in [0, 0.1) is 0 Å². The molecule has 0 bridgehead atoms. The first-order valence-corrected chi connectivity index (χ1v) is 6.83. The van der Waals surface area contributed by atoms with E-state index in [9.17, 15) is 19.8 Å². The number of carbonyl (C=O) groups excluding carboxylic acids is 1. The lowest BCUT2D eigenvalue weighted by molar-refractivity contribution is 0.104. The van der Waals surface area contributed by atoms with Crippen LogP contribution < -0.4 is 5.63 Å². The molecule has 0 atom stereocenters. The van der Waals surface area contributed by atoms with E-state index in [2.05, 4.69) is 0 Å². The molecule has 0 aliphatic rings. The Hall–Kier alpha value is -3.34. The molecule has 0 radical (unpaired) electrons. The summed E-state index contributed by atoms with van der Waals surface area (Å²) in [6, 6.07) is 12.8. The summed E-state index contributed by atoms with van der Waals surface area (Å²) in [4.78, 5) is 24.2. The molecular weight excluding hydrogens is 296 g/mol. The molecule has 0 aliphatic carbocycles. The molecule has 114 valence electrons. The summed E-state index contributed by atoms with van der Waals surface area (Å²) in [6.07, 6.45) is 2.47. The number of benzene rings is 2. The molecule has 2 aromatic carbocycles. The third-order valence-electron chi connectivity index (χ3n) is 3.38. The summed E-state index contributed by atoms with van der Waals surface area (Å²) in [5.74, 6) is -1.11. The smallest absolute Gasteiger partial charge is 0.351 e. The highest BCUT2D eigenvalue weighted by molar-refractivity contribution is 6.10. The minimum absolute atomic E-state index is 0.00585. The fraction of sp³-hybridized carbons (Fsp3) is 0. The average Bonchev–Trinajstić information content (AvgIpc) is 2.54. The van der Waals surface area contributed by atoms with Gasteiger partial charge in [-0.1, -0.05) is 30.3 Å². The Labute approximate surface area is 130 Å². The van der Waals surface area contributed by atoms with Gasteiger partial charge in [-0.15, -0.1) is 0 Å². The number of fused-ring (bicyclic) bond motifs is 1. The van der Waals surface area contributed by atoms with Gasteiger partial charge in [-0.25, -0.2) is 4.79 Å². The third-order valence-corrected chi connectivity index (χ3v) is 3.38. The minimum atomic E-state index is -0.909. The van der Waals surface area contributed by atoms with E-state index in [0.717, 1.165) is 6.08 Å². The van der Waals surface area contributed by atoms with E-state index in [4.69, 9.17) is 4.42 Å². The van der Waals surface area contributed by atoms with Crippen LogP contribution in [0.3, 0.4) is 0 Å². The van der Waals surface area contributed by atoms with Gasteiger partial charge in [-0.05, 0) is 30.4 Å². The summed E-state index contributed by atoms with van der Waals surface area (Å²) in [5.41, 5.74) is -0.717. The number of carbonyl (C=O) groups is 1. The van der Waals surface area contributed by atoms with Gasteiger partial charge in [0.15, 0.2) is 5.78 Å². The van der Waals surface area contributed by atoms with Crippen molar-refractivity contribution in [2.45, 2.75) is 0 Å². The van der Waals surface area contributed by atoms with Crippen molar-refractivity contribution >= 4 is 22.8 Å². The number of aromatic hydroxyl groups is 2. The zero-order valence-electron chi connectivity index (χ0n) is 11.9. The van der Waals surface area contributed by atoms with Gasteiger partial charge in [-0.2, -0.15) is 0 Å². The van der Waals surface area contributed by atoms with Gasteiger partial charge in [0, 0.05) is 5.56 Å². The van der Waals surface area contributed by atoms with Gasteiger partial charge >= 0.3 is 5.63 Å². The van der Waals surface area contributed by atoms with Crippen molar-refractivity contribution in [2.75, 3.05) is 0 Å². The van der Waals surface area contributed by atoms with Crippen LogP contribution in [0.5, 0.6) is 11.5 Å². The lowest BCUT2D eigenvalue weighted by Gasteiger charge is -2.03. The van der Waals surface area contributed by atoms with Crippen LogP contribution in [0.15, 0.2) is 63.8 Å². The maximum absolute atomic E-state index is 12.2. The maximum Gasteiger partial charge on any atom is 0.351 e. The Morgan fingerprint density at radius 1 is 1.00 bits per heavy atom. The molecule has 0 saturated carbocycles. The molecule has 0 aliphatic heterocycles. The number of phenolic OH excluding ortho intramolecular Hbond substituents is 1. The van der Waals surface area contributed by atoms with Gasteiger partial charge in [0.25, 0.3) is 0 Å². The molecule has 0 saturated heterocycles. The van der Waals surface area contributed by atoms with E-state index in [0.29, 0.717) is 5.56 Å². The van der Waals surface area contributed by atoms with Crippen molar-refractivity contribution in [2.24, 2.45) is 0 Å². The standard InChI is InChI=1S/C18H12O5/c19-13-7-3-1-5-11(13)9-10-14(20)16-17(21)12-6-2-4-8-15(12)23-18(16)22/h1-10,19,21H/b10-9+. The van der Waals surface area contributed by atoms with Crippen LogP contribution in [0.2, 0.25) is 0 Å². The second-order valence-electron chi connectivity index (χ2n) is 4.87. The van der Waals surface area contributed by atoms with Gasteiger partial charge in [0.1, 0.15) is 22.6 Å². The van der Waals surface area contributed by atoms with Crippen LogP contribution >= 0.6 is 0 Å². The monoisotopic (exact) mass is 308 g/mol. The highest BCUT2D eigenvalue weighted by atomic mass is 16.4. The van der Waals surface area contributed by atoms with Gasteiger partial charge in [0.05, 0.1) is 5.39 Å². The van der Waals surface area contributed by atoms with E-state index in [1.165, 1.54) is 18.2 Å². The lowest BCUT2D eigenvalue weighted by Crippen LogP contribution is -2.12. The summed E-state index contributed by atoms with van der Waals surface area (Å²) in [7, 11) is 0. The number of rotatable bonds is 3. The molecule has 23 heavy (non-hydrogen) atoms. The van der Waals surface area contributed by atoms with Crippen molar-refractivity contribution in [3.63, 3.8) is 0 Å². The third kappa shape index (κ3) is 2.72. The second kappa shape index (κ2) is 5.81. The molecular formula is C18H12O5. The minimum Gasteiger partial charge on any atom is -0.507 e. The molecule has 0 fully saturated rings. The van der Waals surface area contributed by atoms with Crippen LogP contribution in [0.25, 0.3) is 17.0 Å². The number of allylic oxidation sites excluding steroid dienone is 1. The topological polar surface area (TPSA) is 87.7 Å². The first-order valence-electron chi connectivity index (χ1n) is 6.83. The Bertz CT molecular complexity index is 982. The molecule has 2 N–H and O–H groups in total. The summed E-state index contributed by atoms with van der Waals surface area (Å²) < 4.78 is 5.05. The number of para-hydroxylation sites is 2. The van der Waals surface area contributed by atoms with E-state index in [1.807, 2.05) is 0 Å². The quantitative estimate of drug-likeness (QED) is 0.441. The zero-order valence-corrected chi connectivity index (χ0v) is 11.9. The van der Waals surface area contributed by atoms with E-state index >= 15 is 0 Å². The van der Waals surface area contributed by atoms with Crippen molar-refractivity contribution in [1.29, 1.82) is 0 Å². The fourth-order valence-corrected chi connectivity index (χ4v) is 2.23. The maximum atomic E-state index is 12.2. The summed E-state index contributed by atoms with van der Waals surface area (Å²) in [6.45, 7) is 0. The van der Waals surface area contributed by atoms with Crippen molar-refractivity contribution < 1.29 is 19.4 Å². The Morgan fingerprint density at radius 2 is 1.70 bits per heavy atom. The van der Waals surface area contributed by atoms with Crippen LogP contribution in [0.1, 0.15) is 15.9 Å². The van der Waals surface area contributed by atoms with Crippen LogP contribution in [0.4, 0.5) is 0 Å². The summed E-state index contributed by atoms with van der Waals surface area (Å²) in [5, 5.41) is 20.1. The Morgan fingerprint density at radius 3 is 2.48 bits per heavy atom. The molecule has 3 rings (SSSR count). The van der Waals surface area contributed by atoms with Gasteiger partial charge in [0.2, 0.25) is 0 Å². The summed E-state index contributed by atoms with van der Waals surface area (Å²) >= 11 is 0. The average molecular weight is 308 g/mol. The largest absolute Gasteiger partial charge is 0.507 e. The molecule has 0 unspecified atom stereocenters. The number of phenols is 1. The second-order valence-corrected chi connectivity index (χ2v) is 4.87. The Balaban J connectivity index is 2.05. The van der Waals surface area contributed by atoms with Gasteiger partial charge < -0.3 is 14.6 Å².